The van der Waals surface area contributed by atoms with Crippen molar-refractivity contribution in [3.05, 3.63) is 48.7 Å². The highest BCUT2D eigenvalue weighted by atomic mass is 16.6. The Labute approximate surface area is 147 Å². The zero-order valence-electron chi connectivity index (χ0n) is 14.8. The maximum atomic E-state index is 12.3. The molecule has 0 saturated carbocycles. The van der Waals surface area contributed by atoms with Crippen molar-refractivity contribution in [3.63, 3.8) is 0 Å². The number of para-hydroxylation sites is 1. The molecule has 2 N–H and O–H groups in total. The first-order valence-corrected chi connectivity index (χ1v) is 8.12. The molecule has 0 unspecified atom stereocenters. The molecule has 0 spiro atoms. The van der Waals surface area contributed by atoms with E-state index in [0.29, 0.717) is 6.42 Å². The number of alkyl carbamates (subject to hydrolysis) is 1. The molecule has 1 atom stereocenters. The first-order valence-electron chi connectivity index (χ1n) is 8.12. The Hall–Kier alpha value is -2.76. The Morgan fingerprint density at radius 2 is 2.04 bits per heavy atom. The van der Waals surface area contributed by atoms with Crippen molar-refractivity contribution >= 4 is 23.0 Å². The van der Waals surface area contributed by atoms with Crippen LogP contribution in [-0.2, 0) is 20.7 Å². The van der Waals surface area contributed by atoms with E-state index in [4.69, 9.17) is 9.47 Å². The Kier molecular flexibility index (Phi) is 5.85. The van der Waals surface area contributed by atoms with Gasteiger partial charge in [0.25, 0.3) is 0 Å². The number of amides is 1. The maximum absolute atomic E-state index is 12.3. The van der Waals surface area contributed by atoms with Gasteiger partial charge in [-0.25, -0.2) is 9.59 Å². The molecule has 6 nitrogen and oxygen atoms in total. The third-order valence-corrected chi connectivity index (χ3v) is 3.42. The van der Waals surface area contributed by atoms with Crippen molar-refractivity contribution < 1.29 is 19.1 Å². The molecule has 1 amide bonds. The van der Waals surface area contributed by atoms with Crippen LogP contribution in [0.3, 0.4) is 0 Å². The number of carbonyl (C=O) groups excluding carboxylic acids is 2. The summed E-state index contributed by atoms with van der Waals surface area (Å²) in [4.78, 5) is 27.5. The number of ether oxygens (including phenoxy) is 2. The minimum absolute atomic E-state index is 0.0826. The van der Waals surface area contributed by atoms with Crippen LogP contribution in [0.4, 0.5) is 4.79 Å². The zero-order valence-corrected chi connectivity index (χ0v) is 14.8. The van der Waals surface area contributed by atoms with Gasteiger partial charge < -0.3 is 19.8 Å². The number of esters is 1. The second-order valence-electron chi connectivity index (χ2n) is 6.68. The number of hydrogen-bond donors (Lipinski definition) is 2. The van der Waals surface area contributed by atoms with Gasteiger partial charge in [-0.2, -0.15) is 0 Å². The fraction of sp³-hybridized carbons (Fsp3) is 0.368. The molecular weight excluding hydrogens is 320 g/mol. The Morgan fingerprint density at radius 1 is 1.32 bits per heavy atom. The minimum atomic E-state index is -0.853. The molecule has 2 rings (SSSR count). The lowest BCUT2D eigenvalue weighted by Crippen LogP contribution is -2.45. The lowest BCUT2D eigenvalue weighted by molar-refractivity contribution is -0.144. The first-order chi connectivity index (χ1) is 11.8. The monoisotopic (exact) mass is 344 g/mol. The van der Waals surface area contributed by atoms with Gasteiger partial charge in [-0.3, -0.25) is 0 Å². The second kappa shape index (κ2) is 7.88. The van der Waals surface area contributed by atoms with Crippen LogP contribution in [0.2, 0.25) is 0 Å². The maximum Gasteiger partial charge on any atom is 0.408 e. The molecule has 1 aromatic carbocycles. The molecule has 134 valence electrons. The average Bonchev–Trinajstić information content (AvgIpc) is 2.93. The molecule has 25 heavy (non-hydrogen) atoms. The summed E-state index contributed by atoms with van der Waals surface area (Å²) in [5, 5.41) is 3.60. The summed E-state index contributed by atoms with van der Waals surface area (Å²) in [6, 6.07) is 6.91. The summed E-state index contributed by atoms with van der Waals surface area (Å²) < 4.78 is 10.4. The summed E-state index contributed by atoms with van der Waals surface area (Å²) in [7, 11) is 0. The Balaban J connectivity index is 2.17. The molecule has 0 fully saturated rings. The van der Waals surface area contributed by atoms with Crippen LogP contribution in [0, 0.1) is 0 Å². The van der Waals surface area contributed by atoms with Crippen LogP contribution in [-0.4, -0.2) is 35.3 Å². The number of aromatic nitrogens is 1. The number of hydrogen-bond acceptors (Lipinski definition) is 4. The number of carbonyl (C=O) groups is 2. The highest BCUT2D eigenvalue weighted by Crippen LogP contribution is 2.19. The number of H-pyrrole nitrogens is 1. The van der Waals surface area contributed by atoms with E-state index in [-0.39, 0.29) is 6.61 Å². The van der Waals surface area contributed by atoms with Gasteiger partial charge in [0.15, 0.2) is 0 Å². The smallest absolute Gasteiger partial charge is 0.408 e. The van der Waals surface area contributed by atoms with Crippen LogP contribution in [0.15, 0.2) is 43.1 Å². The minimum Gasteiger partial charge on any atom is -0.460 e. The fourth-order valence-corrected chi connectivity index (χ4v) is 2.41. The lowest BCUT2D eigenvalue weighted by Gasteiger charge is -2.22. The summed E-state index contributed by atoms with van der Waals surface area (Å²) in [6.07, 6.45) is 2.94. The van der Waals surface area contributed by atoms with Crippen molar-refractivity contribution in [1.29, 1.82) is 0 Å². The molecule has 6 heteroatoms. The molecule has 0 aliphatic rings. The normalized spacial score (nSPS) is 12.4. The summed E-state index contributed by atoms with van der Waals surface area (Å²) >= 11 is 0. The molecule has 0 aliphatic carbocycles. The van der Waals surface area contributed by atoms with Gasteiger partial charge in [0.05, 0.1) is 0 Å². The summed E-state index contributed by atoms with van der Waals surface area (Å²) in [6.45, 7) is 8.89. The first kappa shape index (κ1) is 18.6. The van der Waals surface area contributed by atoms with Crippen molar-refractivity contribution in [1.82, 2.24) is 10.3 Å². The van der Waals surface area contributed by atoms with Gasteiger partial charge in [0.1, 0.15) is 18.2 Å². The number of nitrogens with one attached hydrogen (secondary N) is 2. The molecule has 2 aromatic rings. The van der Waals surface area contributed by atoms with Gasteiger partial charge in [0.2, 0.25) is 0 Å². The van der Waals surface area contributed by atoms with E-state index in [2.05, 4.69) is 16.9 Å². The predicted molar refractivity (Wildman–Crippen MR) is 96.3 cm³/mol. The number of rotatable bonds is 6. The van der Waals surface area contributed by atoms with Crippen LogP contribution < -0.4 is 5.32 Å². The molecule has 1 aromatic heterocycles. The Morgan fingerprint density at radius 3 is 2.72 bits per heavy atom. The average molecular weight is 344 g/mol. The van der Waals surface area contributed by atoms with Gasteiger partial charge in [-0.15, -0.1) is 0 Å². The van der Waals surface area contributed by atoms with Crippen molar-refractivity contribution in [2.75, 3.05) is 6.61 Å². The zero-order chi connectivity index (χ0) is 18.4. The van der Waals surface area contributed by atoms with Crippen molar-refractivity contribution in [3.8, 4) is 0 Å². The van der Waals surface area contributed by atoms with E-state index >= 15 is 0 Å². The SMILES string of the molecule is C=CCOC(=O)[C@H](Cc1c[nH]c2ccccc12)NC(=O)OC(C)(C)C. The number of aromatic amines is 1. The van der Waals surface area contributed by atoms with Gasteiger partial charge in [0, 0.05) is 23.5 Å². The van der Waals surface area contributed by atoms with Crippen LogP contribution in [0.5, 0.6) is 0 Å². The van der Waals surface area contributed by atoms with Crippen molar-refractivity contribution in [2.45, 2.75) is 38.8 Å². The second-order valence-corrected chi connectivity index (χ2v) is 6.68. The molecule has 0 bridgehead atoms. The van der Waals surface area contributed by atoms with E-state index in [9.17, 15) is 9.59 Å². The summed E-state index contributed by atoms with van der Waals surface area (Å²) in [5.74, 6) is -0.531. The highest BCUT2D eigenvalue weighted by Gasteiger charge is 2.26. The molecule has 0 aliphatic heterocycles. The quantitative estimate of drug-likeness (QED) is 0.622. The van der Waals surface area contributed by atoms with E-state index in [0.717, 1.165) is 16.5 Å². The standard InChI is InChI=1S/C19H24N2O4/c1-5-10-24-17(22)16(21-18(23)25-19(2,3)4)11-13-12-20-15-9-7-6-8-14(13)15/h5-9,12,16,20H,1,10-11H2,2-4H3,(H,21,23)/t16-/m0/s1. The van der Waals surface area contributed by atoms with E-state index in [1.807, 2.05) is 30.5 Å². The van der Waals surface area contributed by atoms with Crippen molar-refractivity contribution in [2.24, 2.45) is 0 Å². The topological polar surface area (TPSA) is 80.4 Å². The molecule has 1 heterocycles. The van der Waals surface area contributed by atoms with Crippen LogP contribution in [0.1, 0.15) is 26.3 Å². The van der Waals surface area contributed by atoms with Gasteiger partial charge in [-0.1, -0.05) is 30.9 Å². The van der Waals surface area contributed by atoms with E-state index < -0.39 is 23.7 Å². The third-order valence-electron chi connectivity index (χ3n) is 3.42. The van der Waals surface area contributed by atoms with Gasteiger partial charge in [-0.05, 0) is 32.4 Å². The third kappa shape index (κ3) is 5.38. The molecule has 0 saturated heterocycles. The largest absolute Gasteiger partial charge is 0.460 e. The molecular formula is C19H24N2O4. The lowest BCUT2D eigenvalue weighted by atomic mass is 10.1. The number of fused-ring (bicyclic) bond motifs is 1. The highest BCUT2D eigenvalue weighted by molar-refractivity contribution is 5.86. The van der Waals surface area contributed by atoms with E-state index in [1.54, 1.807) is 20.8 Å². The number of benzene rings is 1. The predicted octanol–water partition coefficient (Wildman–Crippen LogP) is 3.33. The van der Waals surface area contributed by atoms with Crippen LogP contribution >= 0.6 is 0 Å². The summed E-state index contributed by atoms with van der Waals surface area (Å²) in [5.41, 5.74) is 1.22. The van der Waals surface area contributed by atoms with Gasteiger partial charge >= 0.3 is 12.1 Å². The van der Waals surface area contributed by atoms with E-state index in [1.165, 1.54) is 6.08 Å². The molecule has 0 radical (unpaired) electrons. The Bertz CT molecular complexity index is 758. The fourth-order valence-electron chi connectivity index (χ4n) is 2.41. The van der Waals surface area contributed by atoms with Crippen LogP contribution in [0.25, 0.3) is 10.9 Å².